The molecule has 0 fully saturated rings. The molecule has 40 heavy (non-hydrogen) atoms. The number of para-hydroxylation sites is 1. The number of amides is 2. The van der Waals surface area contributed by atoms with Crippen molar-refractivity contribution in [2.75, 3.05) is 11.6 Å². The molecule has 204 valence electrons. The van der Waals surface area contributed by atoms with Gasteiger partial charge in [0.05, 0.1) is 28.9 Å². The molecule has 2 N–H and O–H groups in total. The van der Waals surface area contributed by atoms with Gasteiger partial charge < -0.3 is 10.1 Å². The molecule has 0 bridgehead atoms. The van der Waals surface area contributed by atoms with E-state index in [4.69, 9.17) is 0 Å². The SMILES string of the molecule is CSc1cccc(C)c1NC(=O)NSN=Cc1ccc2c(ccc3c2ncn3-c2ccc(OC(F)(F)F)cc2)c1. The molecule has 5 aromatic rings. The normalized spacial score (nSPS) is 11.8. The molecule has 0 aliphatic carbocycles. The van der Waals surface area contributed by atoms with Crippen LogP contribution in [-0.4, -0.2) is 34.4 Å². The Morgan fingerprint density at radius 2 is 1.88 bits per heavy atom. The number of imidazole rings is 1. The van der Waals surface area contributed by atoms with Gasteiger partial charge in [0.2, 0.25) is 0 Å². The molecule has 0 atom stereocenters. The Hall–Kier alpha value is -4.16. The largest absolute Gasteiger partial charge is 0.573 e. The zero-order valence-corrected chi connectivity index (χ0v) is 22.8. The number of carbonyl (C=O) groups excluding carboxylic acids is 1. The number of aryl methyl sites for hydroxylation is 1. The molecule has 12 heteroatoms. The van der Waals surface area contributed by atoms with Gasteiger partial charge in [-0.25, -0.2) is 14.2 Å². The molecule has 4 aromatic carbocycles. The van der Waals surface area contributed by atoms with E-state index in [0.29, 0.717) is 5.69 Å². The average molecular weight is 582 g/mol. The van der Waals surface area contributed by atoms with Crippen molar-refractivity contribution >= 4 is 63.6 Å². The van der Waals surface area contributed by atoms with Gasteiger partial charge in [-0.05, 0) is 72.2 Å². The van der Waals surface area contributed by atoms with Crippen LogP contribution in [0.3, 0.4) is 0 Å². The van der Waals surface area contributed by atoms with Crippen molar-refractivity contribution in [2.45, 2.75) is 18.2 Å². The van der Waals surface area contributed by atoms with E-state index in [1.54, 1.807) is 41.0 Å². The number of anilines is 1. The number of urea groups is 1. The van der Waals surface area contributed by atoms with Crippen molar-refractivity contribution in [2.24, 2.45) is 4.40 Å². The maximum atomic E-state index is 12.5. The van der Waals surface area contributed by atoms with Crippen LogP contribution in [-0.2, 0) is 0 Å². The second-order valence-electron chi connectivity index (χ2n) is 8.60. The number of alkyl halides is 3. The first-order valence-electron chi connectivity index (χ1n) is 11.9. The lowest BCUT2D eigenvalue weighted by Gasteiger charge is -2.12. The first-order valence-corrected chi connectivity index (χ1v) is 13.9. The maximum absolute atomic E-state index is 12.5. The Morgan fingerprint density at radius 1 is 1.07 bits per heavy atom. The number of carbonyl (C=O) groups is 1. The summed E-state index contributed by atoms with van der Waals surface area (Å²) >= 11 is 2.48. The van der Waals surface area contributed by atoms with Crippen molar-refractivity contribution in [1.82, 2.24) is 14.3 Å². The van der Waals surface area contributed by atoms with E-state index < -0.39 is 6.36 Å². The van der Waals surface area contributed by atoms with Gasteiger partial charge in [-0.3, -0.25) is 9.29 Å². The van der Waals surface area contributed by atoms with E-state index in [1.165, 1.54) is 12.1 Å². The zero-order chi connectivity index (χ0) is 28.3. The molecule has 0 radical (unpaired) electrons. The van der Waals surface area contributed by atoms with Gasteiger partial charge >= 0.3 is 12.4 Å². The summed E-state index contributed by atoms with van der Waals surface area (Å²) < 4.78 is 50.0. The first kappa shape index (κ1) is 27.4. The van der Waals surface area contributed by atoms with Gasteiger partial charge in [0.15, 0.2) is 0 Å². The summed E-state index contributed by atoms with van der Waals surface area (Å²) in [4.78, 5) is 17.9. The lowest BCUT2D eigenvalue weighted by molar-refractivity contribution is -0.274. The molecular formula is C28H22F3N5O2S2. The van der Waals surface area contributed by atoms with Gasteiger partial charge in [-0.2, -0.15) is 0 Å². The average Bonchev–Trinajstić information content (AvgIpc) is 3.36. The molecule has 0 aliphatic rings. The summed E-state index contributed by atoms with van der Waals surface area (Å²) in [5.41, 5.74) is 4.80. The number of thioether (sulfide) groups is 1. The van der Waals surface area contributed by atoms with Crippen LogP contribution in [0, 0.1) is 6.92 Å². The van der Waals surface area contributed by atoms with E-state index >= 15 is 0 Å². The van der Waals surface area contributed by atoms with E-state index in [9.17, 15) is 18.0 Å². The minimum absolute atomic E-state index is 0.287. The van der Waals surface area contributed by atoms with Gasteiger partial charge in [-0.15, -0.1) is 24.9 Å². The number of hydrogen-bond donors (Lipinski definition) is 2. The third kappa shape index (κ3) is 6.18. The number of nitrogens with zero attached hydrogens (tertiary/aromatic N) is 3. The van der Waals surface area contributed by atoms with Crippen LogP contribution in [0.1, 0.15) is 11.1 Å². The van der Waals surface area contributed by atoms with Gasteiger partial charge in [0.25, 0.3) is 0 Å². The maximum Gasteiger partial charge on any atom is 0.573 e. The van der Waals surface area contributed by atoms with Crippen LogP contribution in [0.5, 0.6) is 5.75 Å². The van der Waals surface area contributed by atoms with Gasteiger partial charge in [0, 0.05) is 22.2 Å². The summed E-state index contributed by atoms with van der Waals surface area (Å²) in [6.45, 7) is 1.94. The third-order valence-electron chi connectivity index (χ3n) is 5.99. The molecular weight excluding hydrogens is 559 g/mol. The van der Waals surface area contributed by atoms with E-state index in [2.05, 4.69) is 24.2 Å². The predicted octanol–water partition coefficient (Wildman–Crippen LogP) is 7.91. The molecule has 2 amide bonds. The topological polar surface area (TPSA) is 80.5 Å². The quantitative estimate of drug-likeness (QED) is 0.116. The Kier molecular flexibility index (Phi) is 7.90. The van der Waals surface area contributed by atoms with E-state index in [-0.39, 0.29) is 11.8 Å². The Balaban J connectivity index is 1.26. The summed E-state index contributed by atoms with van der Waals surface area (Å²) in [5, 5.41) is 4.72. The van der Waals surface area contributed by atoms with Gasteiger partial charge in [0.1, 0.15) is 12.1 Å². The summed E-state index contributed by atoms with van der Waals surface area (Å²) in [7, 11) is 0. The highest BCUT2D eigenvalue weighted by Crippen LogP contribution is 2.30. The highest BCUT2D eigenvalue weighted by atomic mass is 32.2. The lowest BCUT2D eigenvalue weighted by atomic mass is 10.1. The van der Waals surface area contributed by atoms with Crippen molar-refractivity contribution in [3.63, 3.8) is 0 Å². The minimum Gasteiger partial charge on any atom is -0.406 e. The third-order valence-corrected chi connectivity index (χ3v) is 7.26. The molecule has 1 heterocycles. The number of benzene rings is 4. The number of hydrogen-bond acceptors (Lipinski definition) is 6. The zero-order valence-electron chi connectivity index (χ0n) is 21.2. The fourth-order valence-electron chi connectivity index (χ4n) is 4.19. The highest BCUT2D eigenvalue weighted by Gasteiger charge is 2.31. The van der Waals surface area contributed by atoms with Crippen LogP contribution >= 0.6 is 23.9 Å². The fraction of sp³-hybridized carbons (Fsp3) is 0.107. The molecule has 0 saturated heterocycles. The first-order chi connectivity index (χ1) is 19.2. The van der Waals surface area contributed by atoms with Gasteiger partial charge in [-0.1, -0.05) is 30.3 Å². The molecule has 0 aliphatic heterocycles. The van der Waals surface area contributed by atoms with Crippen molar-refractivity contribution in [3.05, 3.63) is 90.3 Å². The number of halogens is 3. The lowest BCUT2D eigenvalue weighted by Crippen LogP contribution is -2.23. The Labute approximate surface area is 236 Å². The molecule has 0 unspecified atom stereocenters. The minimum atomic E-state index is -4.74. The van der Waals surface area contributed by atoms with Crippen molar-refractivity contribution < 1.29 is 22.7 Å². The van der Waals surface area contributed by atoms with Crippen LogP contribution in [0.4, 0.5) is 23.7 Å². The molecule has 1 aromatic heterocycles. The van der Waals surface area contributed by atoms with E-state index in [0.717, 1.165) is 55.6 Å². The Morgan fingerprint density at radius 3 is 2.62 bits per heavy atom. The molecule has 0 spiro atoms. The standard InChI is InChI=1S/C28H22F3N5O2S2/c1-17-4-3-5-24(39-2)25(17)34-27(37)35-40-33-15-18-6-12-22-19(14-18)7-13-23-26(22)32-16-36(23)20-8-10-21(11-9-20)38-28(29,30)31/h3-16H,1-2H3,(H2,34,35,37). The molecule has 0 saturated carbocycles. The number of nitrogens with one attached hydrogen (secondary N) is 2. The number of rotatable bonds is 7. The number of ether oxygens (including phenoxy) is 1. The predicted molar refractivity (Wildman–Crippen MR) is 156 cm³/mol. The van der Waals surface area contributed by atoms with Crippen LogP contribution in [0.25, 0.3) is 27.5 Å². The number of fused-ring (bicyclic) bond motifs is 3. The summed E-state index contributed by atoms with van der Waals surface area (Å²) in [6.07, 6.45) is 0.496. The monoisotopic (exact) mass is 581 g/mol. The summed E-state index contributed by atoms with van der Waals surface area (Å²) in [6, 6.07) is 20.7. The van der Waals surface area contributed by atoms with Crippen LogP contribution in [0.2, 0.25) is 0 Å². The Bertz CT molecular complexity index is 1720. The van der Waals surface area contributed by atoms with E-state index in [1.807, 2.05) is 61.7 Å². The van der Waals surface area contributed by atoms with Crippen molar-refractivity contribution in [1.29, 1.82) is 0 Å². The second kappa shape index (κ2) is 11.5. The fourth-order valence-corrected chi connectivity index (χ4v) is 5.18. The molecule has 5 rings (SSSR count). The highest BCUT2D eigenvalue weighted by molar-refractivity contribution is 7.98. The molecule has 7 nitrogen and oxygen atoms in total. The van der Waals surface area contributed by atoms with Crippen LogP contribution < -0.4 is 14.8 Å². The van der Waals surface area contributed by atoms with Crippen molar-refractivity contribution in [3.8, 4) is 11.4 Å². The number of aromatic nitrogens is 2. The second-order valence-corrected chi connectivity index (χ2v) is 10.0. The smallest absolute Gasteiger partial charge is 0.406 e. The summed E-state index contributed by atoms with van der Waals surface area (Å²) in [5.74, 6) is -0.287. The van der Waals surface area contributed by atoms with Crippen LogP contribution in [0.15, 0.2) is 88.4 Å².